The Kier molecular flexibility index (Phi) is 7.65. The van der Waals surface area contributed by atoms with Gasteiger partial charge in [0, 0.05) is 18.7 Å². The lowest BCUT2D eigenvalue weighted by atomic mass is 9.75. The number of carbonyl (C=O) groups is 3. The highest BCUT2D eigenvalue weighted by molar-refractivity contribution is 5.98. The first-order valence-corrected chi connectivity index (χ1v) is 14.2. The first-order valence-electron chi connectivity index (χ1n) is 14.2. The van der Waals surface area contributed by atoms with E-state index >= 15 is 0 Å². The molecule has 0 heterocycles. The van der Waals surface area contributed by atoms with Gasteiger partial charge in [0.2, 0.25) is 5.91 Å². The second kappa shape index (κ2) is 10.7. The van der Waals surface area contributed by atoms with E-state index in [0.717, 1.165) is 18.9 Å². The average Bonchev–Trinajstić information content (AvgIpc) is 3.48. The van der Waals surface area contributed by atoms with Crippen molar-refractivity contribution in [3.8, 4) is 11.5 Å². The zero-order chi connectivity index (χ0) is 29.7. The van der Waals surface area contributed by atoms with Crippen molar-refractivity contribution in [3.63, 3.8) is 0 Å². The largest absolute Gasteiger partial charge is 0.496 e. The minimum Gasteiger partial charge on any atom is -0.496 e. The normalized spacial score (nSPS) is 31.8. The number of methoxy groups -OCH3 is 1. The fourth-order valence-electron chi connectivity index (χ4n) is 6.90. The number of nitrogens with one attached hydrogen (secondary N) is 2. The molecule has 0 saturated heterocycles. The Morgan fingerprint density at radius 1 is 1.02 bits per heavy atom. The first kappa shape index (κ1) is 29.4. The van der Waals surface area contributed by atoms with E-state index in [9.17, 15) is 37.1 Å². The summed E-state index contributed by atoms with van der Waals surface area (Å²) in [7, 11) is 1.29. The molecule has 0 unspecified atom stereocenters. The van der Waals surface area contributed by atoms with Crippen molar-refractivity contribution in [2.75, 3.05) is 13.7 Å². The van der Waals surface area contributed by atoms with E-state index in [0.29, 0.717) is 32.1 Å². The van der Waals surface area contributed by atoms with Crippen molar-refractivity contribution in [1.29, 1.82) is 0 Å². The first-order chi connectivity index (χ1) is 19.3. The van der Waals surface area contributed by atoms with Gasteiger partial charge in [-0.05, 0) is 82.6 Å². The Bertz CT molecular complexity index is 1210. The molecule has 0 aromatic heterocycles. The van der Waals surface area contributed by atoms with E-state index in [1.807, 2.05) is 0 Å². The van der Waals surface area contributed by atoms with Crippen LogP contribution in [0.4, 0.5) is 17.6 Å². The summed E-state index contributed by atoms with van der Waals surface area (Å²) in [5.74, 6) is -3.59. The number of alkyl halides is 3. The van der Waals surface area contributed by atoms with E-state index in [4.69, 9.17) is 9.47 Å². The van der Waals surface area contributed by atoms with E-state index in [-0.39, 0.29) is 41.7 Å². The van der Waals surface area contributed by atoms with Crippen LogP contribution in [0, 0.1) is 34.4 Å². The molecule has 4 fully saturated rings. The van der Waals surface area contributed by atoms with Crippen LogP contribution in [0.25, 0.3) is 0 Å². The number of rotatable bonds is 9. The van der Waals surface area contributed by atoms with Crippen LogP contribution >= 0.6 is 0 Å². The number of carboxylic acids is 1. The van der Waals surface area contributed by atoms with Gasteiger partial charge in [0.25, 0.3) is 5.91 Å². The predicted octanol–water partition coefficient (Wildman–Crippen LogP) is 4.85. The molecule has 2 bridgehead atoms. The Balaban J connectivity index is 1.28. The average molecular weight is 585 g/mol. The van der Waals surface area contributed by atoms with E-state index < -0.39 is 65.2 Å². The molecule has 4 atom stereocenters. The van der Waals surface area contributed by atoms with Crippen molar-refractivity contribution in [3.05, 3.63) is 23.5 Å². The van der Waals surface area contributed by atoms with Gasteiger partial charge in [-0.2, -0.15) is 13.2 Å². The maximum absolute atomic E-state index is 14.9. The number of hydrogen-bond acceptors (Lipinski definition) is 5. The molecule has 4 aliphatic carbocycles. The van der Waals surface area contributed by atoms with Gasteiger partial charge in [0.15, 0.2) is 11.6 Å². The molecular formula is C29H36F4N2O6. The van der Waals surface area contributed by atoms with Crippen molar-refractivity contribution in [2.45, 2.75) is 83.0 Å². The number of hydrogen-bond donors (Lipinski definition) is 3. The fourth-order valence-corrected chi connectivity index (χ4v) is 6.90. The monoisotopic (exact) mass is 584 g/mol. The molecule has 8 nitrogen and oxygen atoms in total. The van der Waals surface area contributed by atoms with Gasteiger partial charge < -0.3 is 25.2 Å². The van der Waals surface area contributed by atoms with Crippen LogP contribution in [-0.2, 0) is 9.59 Å². The van der Waals surface area contributed by atoms with E-state index in [2.05, 4.69) is 10.6 Å². The summed E-state index contributed by atoms with van der Waals surface area (Å²) in [5.41, 5.74) is -2.72. The number of benzene rings is 1. The predicted molar refractivity (Wildman–Crippen MR) is 138 cm³/mol. The molecule has 4 saturated carbocycles. The maximum Gasteiger partial charge on any atom is 0.396 e. The van der Waals surface area contributed by atoms with Crippen molar-refractivity contribution < 1.29 is 46.5 Å². The summed E-state index contributed by atoms with van der Waals surface area (Å²) < 4.78 is 66.2. The zero-order valence-electron chi connectivity index (χ0n) is 23.1. The van der Waals surface area contributed by atoms with Gasteiger partial charge in [0.1, 0.15) is 5.75 Å². The van der Waals surface area contributed by atoms with Crippen LogP contribution in [0.15, 0.2) is 12.1 Å². The summed E-state index contributed by atoms with van der Waals surface area (Å²) >= 11 is 0. The minimum absolute atomic E-state index is 0.00477. The van der Waals surface area contributed by atoms with Gasteiger partial charge in [-0.25, -0.2) is 4.39 Å². The minimum atomic E-state index is -4.38. The summed E-state index contributed by atoms with van der Waals surface area (Å²) in [5, 5.41) is 14.9. The molecule has 1 aromatic rings. The van der Waals surface area contributed by atoms with Gasteiger partial charge in [-0.3, -0.25) is 14.4 Å². The SMILES string of the molecule is COc1cc(F)c(O[C@H]2CC[C@@](C)(C(=O)O)CC2)cc1C(=O)N[C@@H]1[C@H]2CC[C@H](C2)[C@@H]1C(=O)NCC1(C(F)(F)F)CC1. The van der Waals surface area contributed by atoms with Gasteiger partial charge >= 0.3 is 12.1 Å². The molecule has 0 aliphatic heterocycles. The summed E-state index contributed by atoms with van der Waals surface area (Å²) in [6, 6.07) is 1.72. The van der Waals surface area contributed by atoms with Crippen LogP contribution in [0.2, 0.25) is 0 Å². The molecule has 3 N–H and O–H groups in total. The quantitative estimate of drug-likeness (QED) is 0.358. The maximum atomic E-state index is 14.9. The molecule has 5 rings (SSSR count). The molecule has 226 valence electrons. The lowest BCUT2D eigenvalue weighted by Gasteiger charge is -2.34. The fraction of sp³-hybridized carbons (Fsp3) is 0.690. The van der Waals surface area contributed by atoms with Crippen LogP contribution in [0.5, 0.6) is 11.5 Å². The van der Waals surface area contributed by atoms with Crippen molar-refractivity contribution in [2.24, 2.45) is 28.6 Å². The van der Waals surface area contributed by atoms with Gasteiger partial charge in [0.05, 0.1) is 35.5 Å². The Morgan fingerprint density at radius 3 is 2.27 bits per heavy atom. The molecule has 41 heavy (non-hydrogen) atoms. The van der Waals surface area contributed by atoms with Crippen LogP contribution in [0.3, 0.4) is 0 Å². The second-order valence-electron chi connectivity index (χ2n) is 12.5. The third-order valence-electron chi connectivity index (χ3n) is 9.92. The molecule has 0 spiro atoms. The lowest BCUT2D eigenvalue weighted by molar-refractivity contribution is -0.185. The Morgan fingerprint density at radius 2 is 1.68 bits per heavy atom. The number of carboxylic acid groups (broad SMARTS) is 1. The lowest BCUT2D eigenvalue weighted by Crippen LogP contribution is -2.51. The number of fused-ring (bicyclic) bond motifs is 2. The number of halogens is 4. The number of ether oxygens (including phenoxy) is 2. The van der Waals surface area contributed by atoms with Crippen molar-refractivity contribution in [1.82, 2.24) is 10.6 Å². The zero-order valence-corrected chi connectivity index (χ0v) is 23.1. The topological polar surface area (TPSA) is 114 Å². The number of aliphatic carboxylic acids is 1. The van der Waals surface area contributed by atoms with Gasteiger partial charge in [-0.15, -0.1) is 0 Å². The molecule has 4 aliphatic rings. The highest BCUT2D eigenvalue weighted by Crippen LogP contribution is 2.57. The molecule has 0 radical (unpaired) electrons. The van der Waals surface area contributed by atoms with Crippen LogP contribution < -0.4 is 20.1 Å². The molecule has 12 heteroatoms. The van der Waals surface area contributed by atoms with E-state index in [1.165, 1.54) is 13.2 Å². The Labute approximate surface area is 235 Å². The standard InChI is InChI=1S/C29H36F4N2O6/c1-27(26(38)39)7-5-17(6-8-27)41-21-12-18(20(40-2)13-19(21)30)24(36)35-23-16-4-3-15(11-16)22(23)25(37)34-14-28(9-10-28)29(31,32)33/h12-13,15-17,22-23H,3-11,14H2,1-2H3,(H,34,37)(H,35,36)(H,38,39)/t15-,16+,17-,22+,23-,27+/m1/s1. The molecular weight excluding hydrogens is 548 g/mol. The van der Waals surface area contributed by atoms with Crippen molar-refractivity contribution >= 4 is 17.8 Å². The summed E-state index contributed by atoms with van der Waals surface area (Å²) in [4.78, 5) is 38.2. The Hall–Kier alpha value is -3.05. The highest BCUT2D eigenvalue weighted by Gasteiger charge is 2.63. The number of amides is 2. The van der Waals surface area contributed by atoms with E-state index in [1.54, 1.807) is 6.92 Å². The molecule has 2 amide bonds. The van der Waals surface area contributed by atoms with Crippen LogP contribution in [-0.4, -0.2) is 54.9 Å². The molecule has 1 aromatic carbocycles. The highest BCUT2D eigenvalue weighted by atomic mass is 19.4. The summed E-state index contributed by atoms with van der Waals surface area (Å²) in [6.45, 7) is 1.20. The third-order valence-corrected chi connectivity index (χ3v) is 9.92. The number of carbonyl (C=O) groups excluding carboxylic acids is 2. The third kappa shape index (κ3) is 5.58. The van der Waals surface area contributed by atoms with Gasteiger partial charge in [-0.1, -0.05) is 0 Å². The second-order valence-corrected chi connectivity index (χ2v) is 12.5. The smallest absolute Gasteiger partial charge is 0.396 e. The summed E-state index contributed by atoms with van der Waals surface area (Å²) in [6.07, 6.45) is -1.02. The van der Waals surface area contributed by atoms with Crippen LogP contribution in [0.1, 0.15) is 75.1 Å².